The number of aromatic nitrogens is 2. The maximum absolute atomic E-state index is 12.8. The van der Waals surface area contributed by atoms with E-state index in [0.717, 1.165) is 38.0 Å². The fourth-order valence-electron chi connectivity index (χ4n) is 3.37. The van der Waals surface area contributed by atoms with Crippen LogP contribution in [0.1, 0.15) is 34.6 Å². The van der Waals surface area contributed by atoms with Crippen molar-refractivity contribution in [3.8, 4) is 0 Å². The van der Waals surface area contributed by atoms with Gasteiger partial charge in [-0.15, -0.1) is 6.58 Å². The Balaban J connectivity index is 1.59. The number of benzene rings is 1. The second-order valence-corrected chi connectivity index (χ2v) is 6.81. The van der Waals surface area contributed by atoms with Crippen molar-refractivity contribution in [3.05, 3.63) is 66.0 Å². The number of anilines is 1. The Bertz CT molecular complexity index is 752. The number of amides is 1. The molecule has 1 aliphatic rings. The van der Waals surface area contributed by atoms with Crippen LogP contribution in [0.25, 0.3) is 0 Å². The molecular weight excluding hydrogens is 324 g/mol. The van der Waals surface area contributed by atoms with Gasteiger partial charge in [0.2, 0.25) is 5.95 Å². The summed E-state index contributed by atoms with van der Waals surface area (Å²) in [5.41, 5.74) is 2.63. The summed E-state index contributed by atoms with van der Waals surface area (Å²) in [6.45, 7) is 7.70. The first kappa shape index (κ1) is 18.1. The fraction of sp³-hybridized carbons (Fsp3) is 0.381. The minimum Gasteiger partial charge on any atom is -0.351 e. The van der Waals surface area contributed by atoms with Crippen LogP contribution >= 0.6 is 0 Å². The Kier molecular flexibility index (Phi) is 6.00. The Hall–Kier alpha value is -2.69. The molecule has 1 aliphatic heterocycles. The minimum atomic E-state index is -0.00434. The number of carbonyl (C=O) groups excluding carboxylic acids is 1. The number of likely N-dealkylation sites (tertiary alicyclic amines) is 1. The SMILES string of the molecule is C=CCNc1nc(C)cc(C(=O)N2CCC(Cc3ccccc3)CC2)n1. The molecule has 0 saturated carbocycles. The van der Waals surface area contributed by atoms with Crippen LogP contribution in [0.15, 0.2) is 49.1 Å². The molecule has 0 bridgehead atoms. The van der Waals surface area contributed by atoms with E-state index in [-0.39, 0.29) is 5.91 Å². The van der Waals surface area contributed by atoms with Crippen LogP contribution < -0.4 is 5.32 Å². The summed E-state index contributed by atoms with van der Waals surface area (Å²) >= 11 is 0. The van der Waals surface area contributed by atoms with Crippen molar-refractivity contribution in [2.75, 3.05) is 25.0 Å². The summed E-state index contributed by atoms with van der Waals surface area (Å²) < 4.78 is 0. The van der Waals surface area contributed by atoms with Crippen LogP contribution in [-0.4, -0.2) is 40.4 Å². The highest BCUT2D eigenvalue weighted by Gasteiger charge is 2.25. The Morgan fingerprint density at radius 2 is 2.00 bits per heavy atom. The summed E-state index contributed by atoms with van der Waals surface area (Å²) in [5, 5.41) is 3.06. The maximum Gasteiger partial charge on any atom is 0.272 e. The van der Waals surface area contributed by atoms with Crippen LogP contribution in [-0.2, 0) is 6.42 Å². The molecule has 26 heavy (non-hydrogen) atoms. The molecule has 1 aromatic carbocycles. The van der Waals surface area contributed by atoms with Crippen molar-refractivity contribution in [2.24, 2.45) is 5.92 Å². The number of nitrogens with one attached hydrogen (secondary N) is 1. The lowest BCUT2D eigenvalue weighted by molar-refractivity contribution is 0.0684. The molecule has 1 saturated heterocycles. The third-order valence-corrected chi connectivity index (χ3v) is 4.75. The first-order valence-electron chi connectivity index (χ1n) is 9.19. The van der Waals surface area contributed by atoms with Gasteiger partial charge in [0.15, 0.2) is 0 Å². The number of piperidine rings is 1. The topological polar surface area (TPSA) is 58.1 Å². The summed E-state index contributed by atoms with van der Waals surface area (Å²) in [4.78, 5) is 23.4. The molecule has 0 radical (unpaired) electrons. The average Bonchev–Trinajstić information content (AvgIpc) is 2.67. The monoisotopic (exact) mass is 350 g/mol. The van der Waals surface area contributed by atoms with E-state index in [4.69, 9.17) is 0 Å². The molecule has 1 aromatic heterocycles. The standard InChI is InChI=1S/C21H26N4O/c1-3-11-22-21-23-16(2)14-19(24-21)20(26)25-12-9-18(10-13-25)15-17-7-5-4-6-8-17/h3-8,14,18H,1,9-13,15H2,2H3,(H,22,23,24). The van der Waals surface area contributed by atoms with Gasteiger partial charge in [-0.05, 0) is 43.7 Å². The molecule has 2 heterocycles. The van der Waals surface area contributed by atoms with Crippen molar-refractivity contribution in [3.63, 3.8) is 0 Å². The van der Waals surface area contributed by atoms with Crippen LogP contribution in [0.4, 0.5) is 5.95 Å². The van der Waals surface area contributed by atoms with E-state index in [0.29, 0.717) is 24.1 Å². The summed E-state index contributed by atoms with van der Waals surface area (Å²) in [5.74, 6) is 1.11. The number of hydrogen-bond donors (Lipinski definition) is 1. The minimum absolute atomic E-state index is 0.00434. The molecule has 1 fully saturated rings. The van der Waals surface area contributed by atoms with Gasteiger partial charge in [-0.25, -0.2) is 9.97 Å². The van der Waals surface area contributed by atoms with E-state index >= 15 is 0 Å². The highest BCUT2D eigenvalue weighted by molar-refractivity contribution is 5.92. The normalized spacial score (nSPS) is 14.9. The largest absolute Gasteiger partial charge is 0.351 e. The van der Waals surface area contributed by atoms with Gasteiger partial charge in [-0.1, -0.05) is 36.4 Å². The van der Waals surface area contributed by atoms with Crippen molar-refractivity contribution >= 4 is 11.9 Å². The van der Waals surface area contributed by atoms with Gasteiger partial charge in [-0.2, -0.15) is 0 Å². The van der Waals surface area contributed by atoms with Crippen LogP contribution in [0.3, 0.4) is 0 Å². The molecule has 3 rings (SSSR count). The lowest BCUT2D eigenvalue weighted by Gasteiger charge is -2.32. The second-order valence-electron chi connectivity index (χ2n) is 6.81. The zero-order chi connectivity index (χ0) is 18.4. The van der Waals surface area contributed by atoms with Gasteiger partial charge in [0.05, 0.1) is 0 Å². The Morgan fingerprint density at radius 1 is 1.27 bits per heavy atom. The van der Waals surface area contributed by atoms with Crippen molar-refractivity contribution in [1.29, 1.82) is 0 Å². The molecule has 0 unspecified atom stereocenters. The number of carbonyl (C=O) groups is 1. The third-order valence-electron chi connectivity index (χ3n) is 4.75. The first-order valence-corrected chi connectivity index (χ1v) is 9.19. The zero-order valence-corrected chi connectivity index (χ0v) is 15.3. The number of hydrogen-bond acceptors (Lipinski definition) is 4. The van der Waals surface area contributed by atoms with Gasteiger partial charge in [0.25, 0.3) is 5.91 Å². The average molecular weight is 350 g/mol. The second kappa shape index (κ2) is 8.61. The highest BCUT2D eigenvalue weighted by atomic mass is 16.2. The molecule has 2 aromatic rings. The Labute approximate surface area is 155 Å². The predicted octanol–water partition coefficient (Wildman–Crippen LogP) is 3.48. The van der Waals surface area contributed by atoms with Gasteiger partial charge >= 0.3 is 0 Å². The van der Waals surface area contributed by atoms with Crippen LogP contribution in [0, 0.1) is 12.8 Å². The van der Waals surface area contributed by atoms with Crippen LogP contribution in [0.5, 0.6) is 0 Å². The molecule has 0 spiro atoms. The lowest BCUT2D eigenvalue weighted by atomic mass is 9.90. The van der Waals surface area contributed by atoms with E-state index < -0.39 is 0 Å². The Morgan fingerprint density at radius 3 is 2.69 bits per heavy atom. The van der Waals surface area contributed by atoms with Crippen molar-refractivity contribution in [2.45, 2.75) is 26.2 Å². The smallest absolute Gasteiger partial charge is 0.272 e. The van der Waals surface area contributed by atoms with E-state index in [1.165, 1.54) is 5.56 Å². The van der Waals surface area contributed by atoms with Crippen molar-refractivity contribution < 1.29 is 4.79 Å². The molecule has 0 atom stereocenters. The molecule has 5 nitrogen and oxygen atoms in total. The molecule has 1 amide bonds. The summed E-state index contributed by atoms with van der Waals surface area (Å²) in [6.07, 6.45) is 4.90. The van der Waals surface area contributed by atoms with E-state index in [1.807, 2.05) is 17.9 Å². The predicted molar refractivity (Wildman–Crippen MR) is 104 cm³/mol. The molecular formula is C21H26N4O. The number of nitrogens with zero attached hydrogens (tertiary/aromatic N) is 3. The van der Waals surface area contributed by atoms with Gasteiger partial charge in [0.1, 0.15) is 5.69 Å². The molecule has 1 N–H and O–H groups in total. The summed E-state index contributed by atoms with van der Waals surface area (Å²) in [6, 6.07) is 12.3. The zero-order valence-electron chi connectivity index (χ0n) is 15.3. The van der Waals surface area contributed by atoms with Crippen LogP contribution in [0.2, 0.25) is 0 Å². The van der Waals surface area contributed by atoms with E-state index in [9.17, 15) is 4.79 Å². The number of rotatable bonds is 6. The van der Waals surface area contributed by atoms with Gasteiger partial charge in [-0.3, -0.25) is 4.79 Å². The van der Waals surface area contributed by atoms with Gasteiger partial charge in [0, 0.05) is 25.3 Å². The number of aryl methyl sites for hydroxylation is 1. The van der Waals surface area contributed by atoms with E-state index in [1.54, 1.807) is 12.1 Å². The fourth-order valence-corrected chi connectivity index (χ4v) is 3.37. The molecule has 136 valence electrons. The summed E-state index contributed by atoms with van der Waals surface area (Å²) in [7, 11) is 0. The molecule has 0 aliphatic carbocycles. The lowest BCUT2D eigenvalue weighted by Crippen LogP contribution is -2.39. The quantitative estimate of drug-likeness (QED) is 0.811. The maximum atomic E-state index is 12.8. The van der Waals surface area contributed by atoms with E-state index in [2.05, 4.69) is 46.1 Å². The van der Waals surface area contributed by atoms with Gasteiger partial charge < -0.3 is 10.2 Å². The van der Waals surface area contributed by atoms with Crippen molar-refractivity contribution in [1.82, 2.24) is 14.9 Å². The third kappa shape index (κ3) is 4.69. The highest BCUT2D eigenvalue weighted by Crippen LogP contribution is 2.23. The first-order chi connectivity index (χ1) is 12.7. The molecule has 5 heteroatoms.